The van der Waals surface area contributed by atoms with Gasteiger partial charge in [-0.15, -0.1) is 11.8 Å². The number of nitrogens with zero attached hydrogens (tertiary/aromatic N) is 2. The summed E-state index contributed by atoms with van der Waals surface area (Å²) >= 11 is 1.68. The van der Waals surface area contributed by atoms with Crippen molar-refractivity contribution in [1.29, 1.82) is 0 Å². The average molecular weight is 315 g/mol. The molecule has 1 N–H and O–H groups in total. The minimum absolute atomic E-state index is 0.0630. The van der Waals surface area contributed by atoms with Gasteiger partial charge in [-0.2, -0.15) is 0 Å². The smallest absolute Gasteiger partial charge is 0.234 e. The van der Waals surface area contributed by atoms with Crippen LogP contribution in [-0.4, -0.2) is 70.9 Å². The molecule has 1 rings (SSSR count). The van der Waals surface area contributed by atoms with Crippen LogP contribution in [0.5, 0.6) is 0 Å². The maximum atomic E-state index is 12.1. The molecule has 0 spiro atoms. The van der Waals surface area contributed by atoms with Gasteiger partial charge in [-0.1, -0.05) is 20.8 Å². The van der Waals surface area contributed by atoms with Gasteiger partial charge in [-0.05, 0) is 13.8 Å². The van der Waals surface area contributed by atoms with Crippen molar-refractivity contribution >= 4 is 23.6 Å². The van der Waals surface area contributed by atoms with E-state index in [9.17, 15) is 9.59 Å². The van der Waals surface area contributed by atoms with Crippen LogP contribution in [0, 0.1) is 0 Å². The Morgan fingerprint density at radius 1 is 1.14 bits per heavy atom. The SMILES string of the molecule is CC(C)NC(=O)CN1CCN(C(=O)CSC(C)(C)C)CC1. The number of thioether (sulfide) groups is 1. The van der Waals surface area contributed by atoms with Crippen LogP contribution in [0.4, 0.5) is 0 Å². The highest BCUT2D eigenvalue weighted by atomic mass is 32.2. The lowest BCUT2D eigenvalue weighted by molar-refractivity contribution is -0.130. The second-order valence-electron chi connectivity index (χ2n) is 6.78. The largest absolute Gasteiger partial charge is 0.353 e. The van der Waals surface area contributed by atoms with Crippen LogP contribution in [-0.2, 0) is 9.59 Å². The molecule has 0 atom stereocenters. The van der Waals surface area contributed by atoms with Gasteiger partial charge in [-0.25, -0.2) is 0 Å². The predicted octanol–water partition coefficient (Wildman–Crippen LogP) is 1.19. The van der Waals surface area contributed by atoms with Crippen molar-refractivity contribution in [2.45, 2.75) is 45.4 Å². The molecule has 6 heteroatoms. The number of rotatable bonds is 5. The quantitative estimate of drug-likeness (QED) is 0.828. The van der Waals surface area contributed by atoms with Crippen LogP contribution in [0.25, 0.3) is 0 Å². The van der Waals surface area contributed by atoms with Crippen LogP contribution in [0.1, 0.15) is 34.6 Å². The van der Waals surface area contributed by atoms with Crippen LogP contribution in [0.3, 0.4) is 0 Å². The van der Waals surface area contributed by atoms with Crippen LogP contribution >= 0.6 is 11.8 Å². The zero-order valence-corrected chi connectivity index (χ0v) is 14.8. The molecule has 0 aliphatic carbocycles. The molecule has 1 aliphatic rings. The van der Waals surface area contributed by atoms with E-state index in [4.69, 9.17) is 0 Å². The average Bonchev–Trinajstić information content (AvgIpc) is 2.35. The summed E-state index contributed by atoms with van der Waals surface area (Å²) in [6, 6.07) is 0.176. The number of nitrogens with one attached hydrogen (secondary N) is 1. The fourth-order valence-electron chi connectivity index (χ4n) is 2.10. The van der Waals surface area contributed by atoms with Gasteiger partial charge in [0.25, 0.3) is 0 Å². The molecule has 21 heavy (non-hydrogen) atoms. The molecule has 1 saturated heterocycles. The Bertz CT molecular complexity index is 358. The van der Waals surface area contributed by atoms with Gasteiger partial charge in [0.1, 0.15) is 0 Å². The minimum Gasteiger partial charge on any atom is -0.353 e. The first-order chi connectivity index (χ1) is 9.67. The molecule has 2 amide bonds. The predicted molar refractivity (Wildman–Crippen MR) is 88.5 cm³/mol. The summed E-state index contributed by atoms with van der Waals surface area (Å²) in [5, 5.41) is 2.90. The van der Waals surface area contributed by atoms with Crippen molar-refractivity contribution in [3.8, 4) is 0 Å². The van der Waals surface area contributed by atoms with E-state index in [0.717, 1.165) is 26.2 Å². The summed E-state index contributed by atoms with van der Waals surface area (Å²) < 4.78 is 0.117. The number of carbonyl (C=O) groups excluding carboxylic acids is 2. The molecule has 122 valence electrons. The molecule has 0 saturated carbocycles. The van der Waals surface area contributed by atoms with Crippen molar-refractivity contribution in [1.82, 2.24) is 15.1 Å². The van der Waals surface area contributed by atoms with Crippen molar-refractivity contribution in [2.75, 3.05) is 38.5 Å². The summed E-state index contributed by atoms with van der Waals surface area (Å²) in [4.78, 5) is 27.9. The molecule has 1 fully saturated rings. The van der Waals surface area contributed by atoms with E-state index in [1.54, 1.807) is 11.8 Å². The lowest BCUT2D eigenvalue weighted by atomic mass is 10.3. The van der Waals surface area contributed by atoms with E-state index in [-0.39, 0.29) is 22.6 Å². The highest BCUT2D eigenvalue weighted by Crippen LogP contribution is 2.23. The fraction of sp³-hybridized carbons (Fsp3) is 0.867. The molecule has 0 aromatic heterocycles. The standard InChI is InChI=1S/C15H29N3O2S/c1-12(2)16-13(19)10-17-6-8-18(9-7-17)14(20)11-21-15(3,4)5/h12H,6-11H2,1-5H3,(H,16,19). The normalized spacial score (nSPS) is 17.1. The first-order valence-electron chi connectivity index (χ1n) is 7.61. The van der Waals surface area contributed by atoms with E-state index in [1.165, 1.54) is 0 Å². The van der Waals surface area contributed by atoms with E-state index in [0.29, 0.717) is 12.3 Å². The number of carbonyl (C=O) groups is 2. The number of hydrogen-bond acceptors (Lipinski definition) is 4. The zero-order valence-electron chi connectivity index (χ0n) is 13.9. The zero-order chi connectivity index (χ0) is 16.0. The summed E-state index contributed by atoms with van der Waals surface area (Å²) in [6.07, 6.45) is 0. The second-order valence-corrected chi connectivity index (χ2v) is 8.58. The Hall–Kier alpha value is -0.750. The van der Waals surface area contributed by atoms with E-state index in [2.05, 4.69) is 31.0 Å². The van der Waals surface area contributed by atoms with Gasteiger partial charge in [0.2, 0.25) is 11.8 Å². The maximum Gasteiger partial charge on any atom is 0.234 e. The molecule has 5 nitrogen and oxygen atoms in total. The van der Waals surface area contributed by atoms with Gasteiger partial charge in [0.15, 0.2) is 0 Å². The Morgan fingerprint density at radius 3 is 2.19 bits per heavy atom. The third-order valence-corrected chi connectivity index (χ3v) is 4.43. The Kier molecular flexibility index (Phi) is 7.00. The van der Waals surface area contributed by atoms with Crippen LogP contribution in [0.2, 0.25) is 0 Å². The molecule has 0 unspecified atom stereocenters. The molecular weight excluding hydrogens is 286 g/mol. The molecule has 1 aliphatic heterocycles. The summed E-state index contributed by atoms with van der Waals surface area (Å²) in [6.45, 7) is 13.7. The van der Waals surface area contributed by atoms with E-state index >= 15 is 0 Å². The lowest BCUT2D eigenvalue weighted by Crippen LogP contribution is -2.52. The first-order valence-corrected chi connectivity index (χ1v) is 8.59. The summed E-state index contributed by atoms with van der Waals surface area (Å²) in [7, 11) is 0. The molecule has 0 radical (unpaired) electrons. The number of hydrogen-bond donors (Lipinski definition) is 1. The second kappa shape index (κ2) is 8.03. The monoisotopic (exact) mass is 315 g/mol. The molecule has 0 bridgehead atoms. The molecular formula is C15H29N3O2S. The Labute approximate surface area is 132 Å². The summed E-state index contributed by atoms with van der Waals surface area (Å²) in [5.74, 6) is 0.811. The van der Waals surface area contributed by atoms with Crippen molar-refractivity contribution in [2.24, 2.45) is 0 Å². The molecule has 0 aromatic carbocycles. The van der Waals surface area contributed by atoms with E-state index < -0.39 is 0 Å². The Balaban J connectivity index is 2.28. The van der Waals surface area contributed by atoms with Gasteiger partial charge >= 0.3 is 0 Å². The number of amides is 2. The third-order valence-electron chi connectivity index (χ3n) is 3.17. The third kappa shape index (κ3) is 7.71. The first kappa shape index (κ1) is 18.3. The van der Waals surface area contributed by atoms with Crippen molar-refractivity contribution in [3.05, 3.63) is 0 Å². The Morgan fingerprint density at radius 2 is 1.71 bits per heavy atom. The highest BCUT2D eigenvalue weighted by Gasteiger charge is 2.23. The fourth-order valence-corrected chi connectivity index (χ4v) is 2.83. The maximum absolute atomic E-state index is 12.1. The molecule has 1 heterocycles. The number of piperazine rings is 1. The van der Waals surface area contributed by atoms with Gasteiger partial charge < -0.3 is 10.2 Å². The minimum atomic E-state index is 0.0630. The topological polar surface area (TPSA) is 52.7 Å². The lowest BCUT2D eigenvalue weighted by Gasteiger charge is -2.34. The van der Waals surface area contributed by atoms with Gasteiger partial charge in [0, 0.05) is 37.0 Å². The molecule has 0 aromatic rings. The van der Waals surface area contributed by atoms with Gasteiger partial charge in [-0.3, -0.25) is 14.5 Å². The highest BCUT2D eigenvalue weighted by molar-refractivity contribution is 8.01. The van der Waals surface area contributed by atoms with Crippen LogP contribution < -0.4 is 5.32 Å². The van der Waals surface area contributed by atoms with Crippen molar-refractivity contribution < 1.29 is 9.59 Å². The van der Waals surface area contributed by atoms with Gasteiger partial charge in [0.05, 0.1) is 12.3 Å². The summed E-state index contributed by atoms with van der Waals surface area (Å²) in [5.41, 5.74) is 0. The van der Waals surface area contributed by atoms with Crippen molar-refractivity contribution in [3.63, 3.8) is 0 Å². The van der Waals surface area contributed by atoms with Crippen LogP contribution in [0.15, 0.2) is 0 Å². The van der Waals surface area contributed by atoms with E-state index in [1.807, 2.05) is 18.7 Å².